The minimum absolute atomic E-state index is 0.0955. The third kappa shape index (κ3) is 2.86. The van der Waals surface area contributed by atoms with Crippen LogP contribution in [0.15, 0.2) is 22.8 Å². The maximum Gasteiger partial charge on any atom is 0.229 e. The third-order valence-corrected chi connectivity index (χ3v) is 3.98. The Bertz CT molecular complexity index is 431. The first-order chi connectivity index (χ1) is 7.99. The van der Waals surface area contributed by atoms with Crippen LogP contribution in [0.1, 0.15) is 33.1 Å². The van der Waals surface area contributed by atoms with Gasteiger partial charge in [-0.1, -0.05) is 26.3 Å². The third-order valence-electron chi connectivity index (χ3n) is 3.54. The molecule has 0 spiro atoms. The summed E-state index contributed by atoms with van der Waals surface area (Å²) in [5, 5.41) is 2.90. The number of carbonyl (C=O) groups excluding carboxylic acids is 1. The minimum Gasteiger partial charge on any atom is -0.310 e. The van der Waals surface area contributed by atoms with Crippen molar-refractivity contribution in [2.75, 3.05) is 5.32 Å². The summed E-state index contributed by atoms with van der Waals surface area (Å²) in [5.41, 5.74) is 0.107. The van der Waals surface area contributed by atoms with E-state index in [1.165, 1.54) is 0 Å². The topological polar surface area (TPSA) is 42.0 Å². The van der Waals surface area contributed by atoms with Gasteiger partial charge in [0.2, 0.25) is 5.91 Å². The molecule has 2 rings (SSSR count). The van der Waals surface area contributed by atoms with Gasteiger partial charge in [-0.25, -0.2) is 4.98 Å². The van der Waals surface area contributed by atoms with Gasteiger partial charge in [-0.05, 0) is 46.3 Å². The fraction of sp³-hybridized carbons (Fsp3) is 0.538. The zero-order valence-corrected chi connectivity index (χ0v) is 11.8. The second-order valence-corrected chi connectivity index (χ2v) is 6.08. The van der Waals surface area contributed by atoms with Crippen LogP contribution < -0.4 is 5.32 Å². The fourth-order valence-corrected chi connectivity index (χ4v) is 2.85. The van der Waals surface area contributed by atoms with Gasteiger partial charge in [0.25, 0.3) is 0 Å². The number of carbonyl (C=O) groups is 1. The monoisotopic (exact) mass is 296 g/mol. The molecule has 0 aromatic carbocycles. The van der Waals surface area contributed by atoms with Crippen molar-refractivity contribution in [3.8, 4) is 0 Å². The number of nitrogens with one attached hydrogen (secondary N) is 1. The Hall–Kier alpha value is -0.900. The summed E-state index contributed by atoms with van der Waals surface area (Å²) in [6.07, 6.45) is 3.24. The van der Waals surface area contributed by atoms with Gasteiger partial charge in [0.15, 0.2) is 0 Å². The van der Waals surface area contributed by atoms with Crippen LogP contribution in [0.4, 0.5) is 5.82 Å². The Morgan fingerprint density at radius 2 is 2.29 bits per heavy atom. The standard InChI is InChI=1S/C13H17BrN2O/c1-13(2)8-4-5-9(13)12(17)16-11-7-3-6-10(14)15-11/h3,6-7,9H,4-5,8H2,1-2H3,(H,15,16,17). The Morgan fingerprint density at radius 3 is 2.88 bits per heavy atom. The van der Waals surface area contributed by atoms with Crippen LogP contribution in [0, 0.1) is 11.3 Å². The molecule has 1 saturated carbocycles. The summed E-state index contributed by atoms with van der Waals surface area (Å²) in [7, 11) is 0. The molecule has 17 heavy (non-hydrogen) atoms. The Morgan fingerprint density at radius 1 is 1.53 bits per heavy atom. The predicted molar refractivity (Wildman–Crippen MR) is 71.7 cm³/mol. The van der Waals surface area contributed by atoms with Crippen molar-refractivity contribution >= 4 is 27.7 Å². The second-order valence-electron chi connectivity index (χ2n) is 5.27. The van der Waals surface area contributed by atoms with Crippen LogP contribution in [0.25, 0.3) is 0 Å². The van der Waals surface area contributed by atoms with E-state index in [0.29, 0.717) is 5.82 Å². The number of pyridine rings is 1. The van der Waals surface area contributed by atoms with Crippen LogP contribution in [0.5, 0.6) is 0 Å². The van der Waals surface area contributed by atoms with Crippen LogP contribution >= 0.6 is 15.9 Å². The molecule has 1 unspecified atom stereocenters. The first kappa shape index (κ1) is 12.6. The van der Waals surface area contributed by atoms with Crippen LogP contribution in [-0.4, -0.2) is 10.9 Å². The zero-order valence-electron chi connectivity index (χ0n) is 10.2. The first-order valence-electron chi connectivity index (χ1n) is 5.92. The quantitative estimate of drug-likeness (QED) is 0.847. The number of amides is 1. The van der Waals surface area contributed by atoms with E-state index in [1.54, 1.807) is 0 Å². The highest BCUT2D eigenvalue weighted by atomic mass is 79.9. The smallest absolute Gasteiger partial charge is 0.229 e. The van der Waals surface area contributed by atoms with E-state index in [4.69, 9.17) is 0 Å². The van der Waals surface area contributed by atoms with Gasteiger partial charge in [-0.2, -0.15) is 0 Å². The molecule has 1 aliphatic carbocycles. The van der Waals surface area contributed by atoms with Gasteiger partial charge < -0.3 is 5.32 Å². The molecule has 3 nitrogen and oxygen atoms in total. The lowest BCUT2D eigenvalue weighted by Crippen LogP contribution is -2.31. The first-order valence-corrected chi connectivity index (χ1v) is 6.72. The molecule has 0 radical (unpaired) electrons. The maximum atomic E-state index is 12.2. The molecule has 92 valence electrons. The fourth-order valence-electron chi connectivity index (χ4n) is 2.50. The highest BCUT2D eigenvalue weighted by Crippen LogP contribution is 2.42. The molecule has 1 aromatic heterocycles. The van der Waals surface area contributed by atoms with E-state index in [2.05, 4.69) is 40.1 Å². The average molecular weight is 297 g/mol. The van der Waals surface area contributed by atoms with E-state index >= 15 is 0 Å². The van der Waals surface area contributed by atoms with Crippen LogP contribution in [0.2, 0.25) is 0 Å². The minimum atomic E-state index is 0.0955. The lowest BCUT2D eigenvalue weighted by Gasteiger charge is -2.25. The number of aromatic nitrogens is 1. The van der Waals surface area contributed by atoms with E-state index in [9.17, 15) is 4.79 Å². The molecule has 1 atom stereocenters. The van der Waals surface area contributed by atoms with Gasteiger partial charge in [0.05, 0.1) is 0 Å². The van der Waals surface area contributed by atoms with E-state index < -0.39 is 0 Å². The molecule has 0 saturated heterocycles. The van der Waals surface area contributed by atoms with Crippen LogP contribution in [0.3, 0.4) is 0 Å². The summed E-state index contributed by atoms with van der Waals surface area (Å²) in [6, 6.07) is 5.52. The van der Waals surface area contributed by atoms with Crippen LogP contribution in [-0.2, 0) is 4.79 Å². The largest absolute Gasteiger partial charge is 0.310 e. The van der Waals surface area contributed by atoms with Crippen molar-refractivity contribution in [3.05, 3.63) is 22.8 Å². The molecular weight excluding hydrogens is 280 g/mol. The highest BCUT2D eigenvalue weighted by molar-refractivity contribution is 9.10. The average Bonchev–Trinajstić information content (AvgIpc) is 2.58. The van der Waals surface area contributed by atoms with Gasteiger partial charge in [0, 0.05) is 5.92 Å². The molecule has 1 heterocycles. The normalized spacial score (nSPS) is 22.4. The molecule has 0 aliphatic heterocycles. The molecule has 1 amide bonds. The summed E-state index contributed by atoms with van der Waals surface area (Å²) in [4.78, 5) is 16.4. The summed E-state index contributed by atoms with van der Waals surface area (Å²) < 4.78 is 0.737. The van der Waals surface area contributed by atoms with Crippen molar-refractivity contribution in [3.63, 3.8) is 0 Å². The van der Waals surface area contributed by atoms with Gasteiger partial charge in [-0.3, -0.25) is 4.79 Å². The highest BCUT2D eigenvalue weighted by Gasteiger charge is 2.39. The molecule has 1 fully saturated rings. The van der Waals surface area contributed by atoms with E-state index in [0.717, 1.165) is 23.9 Å². The predicted octanol–water partition coefficient (Wildman–Crippen LogP) is 3.61. The summed E-state index contributed by atoms with van der Waals surface area (Å²) in [5.74, 6) is 0.813. The summed E-state index contributed by atoms with van der Waals surface area (Å²) in [6.45, 7) is 4.33. The number of anilines is 1. The Kier molecular flexibility index (Phi) is 3.52. The van der Waals surface area contributed by atoms with Crippen molar-refractivity contribution in [2.45, 2.75) is 33.1 Å². The SMILES string of the molecule is CC1(C)CCCC1C(=O)Nc1cccc(Br)n1. The second kappa shape index (κ2) is 4.77. The number of rotatable bonds is 2. The van der Waals surface area contributed by atoms with Gasteiger partial charge >= 0.3 is 0 Å². The number of nitrogens with zero attached hydrogens (tertiary/aromatic N) is 1. The maximum absolute atomic E-state index is 12.2. The van der Waals surface area contributed by atoms with Gasteiger partial charge in [-0.15, -0.1) is 0 Å². The van der Waals surface area contributed by atoms with Crippen molar-refractivity contribution < 1.29 is 4.79 Å². The van der Waals surface area contributed by atoms with Gasteiger partial charge in [0.1, 0.15) is 10.4 Å². The Labute approximate surface area is 110 Å². The lowest BCUT2D eigenvalue weighted by molar-refractivity contribution is -0.122. The zero-order chi connectivity index (χ0) is 12.5. The van der Waals surface area contributed by atoms with Crippen molar-refractivity contribution in [1.82, 2.24) is 4.98 Å². The molecule has 1 aromatic rings. The Balaban J connectivity index is 2.07. The molecule has 4 heteroatoms. The number of halogens is 1. The van der Waals surface area contributed by atoms with E-state index in [-0.39, 0.29) is 17.2 Å². The summed E-state index contributed by atoms with van der Waals surface area (Å²) >= 11 is 3.30. The molecule has 1 aliphatic rings. The molecular formula is C13H17BrN2O. The van der Waals surface area contributed by atoms with Crippen molar-refractivity contribution in [1.29, 1.82) is 0 Å². The number of hydrogen-bond acceptors (Lipinski definition) is 2. The van der Waals surface area contributed by atoms with Crippen molar-refractivity contribution in [2.24, 2.45) is 11.3 Å². The molecule has 0 bridgehead atoms. The number of hydrogen-bond donors (Lipinski definition) is 1. The molecule has 1 N–H and O–H groups in total. The van der Waals surface area contributed by atoms with E-state index in [1.807, 2.05) is 18.2 Å². The lowest BCUT2D eigenvalue weighted by atomic mass is 9.81.